The summed E-state index contributed by atoms with van der Waals surface area (Å²) in [6.07, 6.45) is 0. The molecule has 0 fully saturated rings. The van der Waals surface area contributed by atoms with E-state index in [1.165, 1.54) is 9.80 Å². The molecule has 0 unspecified atom stereocenters. The van der Waals surface area contributed by atoms with E-state index in [2.05, 4.69) is 68.3 Å². The van der Waals surface area contributed by atoms with Crippen LogP contribution in [0.15, 0.2) is 155 Å². The third kappa shape index (κ3) is 4.68. The SMILES string of the molecule is O=C1c2ccc3c4c(Br)cc5c6c(ccc(c7c(Br)cc(c2c37)C(=O)N1Cc1c2ccccc2cc2ccccc12)c64)C(=O)N(Cc1c2ccccc2cc2ccccc12)C5=O. The average Bonchev–Trinajstić information content (AvgIpc) is 3.29. The van der Waals surface area contributed by atoms with Crippen molar-refractivity contribution in [3.63, 3.8) is 0 Å². The van der Waals surface area contributed by atoms with Crippen LogP contribution in [-0.4, -0.2) is 33.4 Å². The summed E-state index contributed by atoms with van der Waals surface area (Å²) in [6, 6.07) is 47.8. The van der Waals surface area contributed by atoms with Gasteiger partial charge in [-0.15, -0.1) is 0 Å². The predicted molar refractivity (Wildman–Crippen MR) is 254 cm³/mol. The van der Waals surface area contributed by atoms with E-state index >= 15 is 0 Å². The first-order valence-corrected chi connectivity index (χ1v) is 22.0. The number of nitrogens with zero attached hydrogens (tertiary/aromatic N) is 2. The van der Waals surface area contributed by atoms with Crippen molar-refractivity contribution in [2.45, 2.75) is 13.1 Å². The average molecular weight is 929 g/mol. The second-order valence-corrected chi connectivity index (χ2v) is 18.1. The number of halogens is 2. The number of amides is 4. The molecule has 2 aliphatic heterocycles. The molecule has 4 amide bonds. The fourth-order valence-electron chi connectivity index (χ4n) is 10.6. The van der Waals surface area contributed by atoms with Crippen LogP contribution in [0.5, 0.6) is 0 Å². The fraction of sp³-hybridized carbons (Fsp3) is 0.0370. The first-order chi connectivity index (χ1) is 30.3. The van der Waals surface area contributed by atoms with Crippen LogP contribution in [-0.2, 0) is 13.1 Å². The molecule has 0 saturated carbocycles. The maximum Gasteiger partial charge on any atom is 0.261 e. The van der Waals surface area contributed by atoms with Crippen LogP contribution in [0.25, 0.3) is 86.2 Å². The maximum absolute atomic E-state index is 14.8. The molecule has 11 aromatic carbocycles. The van der Waals surface area contributed by atoms with Gasteiger partial charge in [-0.1, -0.05) is 141 Å². The molecule has 292 valence electrons. The predicted octanol–water partition coefficient (Wildman–Crippen LogP) is 13.5. The third-order valence-electron chi connectivity index (χ3n) is 13.3. The number of imide groups is 2. The van der Waals surface area contributed by atoms with Gasteiger partial charge in [-0.2, -0.15) is 0 Å². The molecule has 0 aliphatic carbocycles. The summed E-state index contributed by atoms with van der Waals surface area (Å²) in [5.41, 5.74) is 3.60. The van der Waals surface area contributed by atoms with Gasteiger partial charge in [-0.05, 0) is 101 Å². The smallest absolute Gasteiger partial charge is 0.261 e. The standard InChI is InChI=1S/C54H28Br2N2O4/c55-43-23-39-45-37(51(59)57(53(39)61)25-41-31-13-5-1-9-27(31)21-28-10-2-6-14-32(28)41)19-17-35-48-44(56)24-40-46-38(20-18-36(50(46)48)47(43)49(35)45)52(60)58(54(40)62)26-42-33-15-7-3-11-29(33)22-30-12-4-8-16-34(30)42/h1-24H,25-26H2. The lowest BCUT2D eigenvalue weighted by Gasteiger charge is -2.31. The second-order valence-electron chi connectivity index (χ2n) is 16.4. The van der Waals surface area contributed by atoms with Crippen molar-refractivity contribution in [2.24, 2.45) is 0 Å². The molecule has 0 radical (unpaired) electrons. The Labute approximate surface area is 369 Å². The number of rotatable bonds is 4. The Balaban J connectivity index is 0.986. The van der Waals surface area contributed by atoms with Crippen molar-refractivity contribution in [1.29, 1.82) is 0 Å². The van der Waals surface area contributed by atoms with E-state index in [0.717, 1.165) is 86.5 Å². The molecule has 0 N–H and O–H groups in total. The van der Waals surface area contributed by atoms with Crippen LogP contribution in [0, 0.1) is 0 Å². The summed E-state index contributed by atoms with van der Waals surface area (Å²) in [5, 5.41) is 14.1. The van der Waals surface area contributed by atoms with Crippen molar-refractivity contribution in [2.75, 3.05) is 0 Å². The molecule has 11 aromatic rings. The number of carbonyl (C=O) groups excluding carboxylic acids is 4. The first-order valence-electron chi connectivity index (χ1n) is 20.4. The van der Waals surface area contributed by atoms with E-state index in [9.17, 15) is 19.2 Å². The summed E-state index contributed by atoms with van der Waals surface area (Å²) < 4.78 is 1.36. The summed E-state index contributed by atoms with van der Waals surface area (Å²) in [4.78, 5) is 61.8. The molecule has 0 bridgehead atoms. The van der Waals surface area contributed by atoms with Crippen LogP contribution in [0.3, 0.4) is 0 Å². The molecule has 13 rings (SSSR count). The van der Waals surface area contributed by atoms with E-state index in [0.29, 0.717) is 42.0 Å². The van der Waals surface area contributed by atoms with Crippen LogP contribution < -0.4 is 0 Å². The monoisotopic (exact) mass is 926 g/mol. The third-order valence-corrected chi connectivity index (χ3v) is 14.6. The summed E-state index contributed by atoms with van der Waals surface area (Å²) in [6.45, 7) is 0.216. The fourth-order valence-corrected chi connectivity index (χ4v) is 11.9. The highest BCUT2D eigenvalue weighted by molar-refractivity contribution is 9.11. The highest BCUT2D eigenvalue weighted by Crippen LogP contribution is 2.51. The molecule has 2 aliphatic rings. The molecular formula is C54H28Br2N2O4. The van der Waals surface area contributed by atoms with E-state index in [1.54, 1.807) is 0 Å². The number of hydrogen-bond donors (Lipinski definition) is 0. The molecule has 2 heterocycles. The zero-order chi connectivity index (χ0) is 41.7. The zero-order valence-electron chi connectivity index (χ0n) is 32.6. The molecule has 62 heavy (non-hydrogen) atoms. The Morgan fingerprint density at radius 2 is 0.645 bits per heavy atom. The molecule has 0 saturated heterocycles. The van der Waals surface area contributed by atoms with E-state index in [-0.39, 0.29) is 36.7 Å². The highest BCUT2D eigenvalue weighted by atomic mass is 79.9. The number of hydrogen-bond acceptors (Lipinski definition) is 4. The van der Waals surface area contributed by atoms with Crippen molar-refractivity contribution < 1.29 is 19.2 Å². The van der Waals surface area contributed by atoms with Crippen molar-refractivity contribution in [3.8, 4) is 0 Å². The maximum atomic E-state index is 14.8. The minimum absolute atomic E-state index is 0.108. The zero-order valence-corrected chi connectivity index (χ0v) is 35.7. The van der Waals surface area contributed by atoms with E-state index in [1.807, 2.05) is 109 Å². The number of fused-ring (bicyclic) bond motifs is 6. The summed E-state index contributed by atoms with van der Waals surface area (Å²) in [7, 11) is 0. The van der Waals surface area contributed by atoms with Crippen LogP contribution in [0.2, 0.25) is 0 Å². The quantitative estimate of drug-likeness (QED) is 0.100. The minimum atomic E-state index is -0.366. The van der Waals surface area contributed by atoms with Gasteiger partial charge >= 0.3 is 0 Å². The van der Waals surface area contributed by atoms with Crippen molar-refractivity contribution >= 4 is 142 Å². The Hall–Kier alpha value is -7.00. The Bertz CT molecular complexity index is 3590. The normalized spacial score (nSPS) is 14.2. The van der Waals surface area contributed by atoms with Gasteiger partial charge in [0, 0.05) is 63.5 Å². The van der Waals surface area contributed by atoms with Gasteiger partial charge in [0.25, 0.3) is 23.6 Å². The molecule has 0 atom stereocenters. The first kappa shape index (κ1) is 35.7. The molecule has 6 nitrogen and oxygen atoms in total. The highest BCUT2D eigenvalue weighted by Gasteiger charge is 2.39. The van der Waals surface area contributed by atoms with E-state index in [4.69, 9.17) is 0 Å². The lowest BCUT2D eigenvalue weighted by Crippen LogP contribution is -2.40. The Kier molecular flexibility index (Phi) is 7.36. The Morgan fingerprint density at radius 3 is 1.00 bits per heavy atom. The number of carbonyl (C=O) groups is 4. The topological polar surface area (TPSA) is 74.8 Å². The van der Waals surface area contributed by atoms with Gasteiger partial charge in [-0.25, -0.2) is 0 Å². The lowest BCUT2D eigenvalue weighted by molar-refractivity contribution is 0.0584. The van der Waals surface area contributed by atoms with Gasteiger partial charge in [0.1, 0.15) is 0 Å². The van der Waals surface area contributed by atoms with Crippen LogP contribution in [0.1, 0.15) is 52.6 Å². The Morgan fingerprint density at radius 1 is 0.323 bits per heavy atom. The number of benzene rings is 11. The van der Waals surface area contributed by atoms with Gasteiger partial charge in [0.05, 0.1) is 13.1 Å². The summed E-state index contributed by atoms with van der Waals surface area (Å²) in [5.74, 6) is -1.45. The largest absolute Gasteiger partial charge is 0.270 e. The van der Waals surface area contributed by atoms with Crippen molar-refractivity contribution in [1.82, 2.24) is 9.80 Å². The molecule has 8 heteroatoms. The second kappa shape index (κ2) is 12.8. The van der Waals surface area contributed by atoms with Crippen molar-refractivity contribution in [3.05, 3.63) is 188 Å². The lowest BCUT2D eigenvalue weighted by atomic mass is 9.82. The van der Waals surface area contributed by atoms with E-state index < -0.39 is 0 Å². The van der Waals surface area contributed by atoms with Gasteiger partial charge in [0.2, 0.25) is 0 Å². The van der Waals surface area contributed by atoms with Crippen LogP contribution >= 0.6 is 31.9 Å². The molecular weight excluding hydrogens is 900 g/mol. The summed E-state index contributed by atoms with van der Waals surface area (Å²) >= 11 is 7.77. The molecule has 0 aromatic heterocycles. The van der Waals surface area contributed by atoms with Gasteiger partial charge in [0.15, 0.2) is 0 Å². The van der Waals surface area contributed by atoms with Gasteiger partial charge < -0.3 is 0 Å². The molecule has 0 spiro atoms. The van der Waals surface area contributed by atoms with Gasteiger partial charge in [-0.3, -0.25) is 29.0 Å². The minimum Gasteiger partial charge on any atom is -0.270 e. The van der Waals surface area contributed by atoms with Crippen LogP contribution in [0.4, 0.5) is 0 Å².